The first-order valence-corrected chi connectivity index (χ1v) is 7.99. The predicted octanol–water partition coefficient (Wildman–Crippen LogP) is 2.94. The van der Waals surface area contributed by atoms with Crippen LogP contribution < -0.4 is 5.32 Å². The van der Waals surface area contributed by atoms with Gasteiger partial charge in [-0.3, -0.25) is 4.79 Å². The molecule has 0 spiro atoms. The molecule has 1 rings (SSSR count). The molecule has 1 unspecified atom stereocenters. The van der Waals surface area contributed by atoms with E-state index in [0.29, 0.717) is 6.42 Å². The molecular formula is C16H23NO3S. The average molecular weight is 309 g/mol. The van der Waals surface area contributed by atoms with Crippen LogP contribution in [0.3, 0.4) is 0 Å². The number of thioether (sulfide) groups is 1. The highest BCUT2D eigenvalue weighted by molar-refractivity contribution is 8.00. The lowest BCUT2D eigenvalue weighted by atomic mass is 9.96. The highest BCUT2D eigenvalue weighted by Crippen LogP contribution is 2.22. The maximum absolute atomic E-state index is 12.1. The van der Waals surface area contributed by atoms with Crippen LogP contribution in [0.5, 0.6) is 0 Å². The van der Waals surface area contributed by atoms with Gasteiger partial charge in [0, 0.05) is 4.90 Å². The van der Waals surface area contributed by atoms with E-state index in [0.717, 1.165) is 16.9 Å². The van der Waals surface area contributed by atoms with Gasteiger partial charge in [0.2, 0.25) is 5.91 Å². The Balaban J connectivity index is 2.63. The van der Waals surface area contributed by atoms with Gasteiger partial charge in [0.1, 0.15) is 5.54 Å². The minimum atomic E-state index is -0.952. The summed E-state index contributed by atoms with van der Waals surface area (Å²) < 4.78 is 4.79. The molecule has 0 heterocycles. The number of carbonyl (C=O) groups excluding carboxylic acids is 2. The van der Waals surface area contributed by atoms with Crippen molar-refractivity contribution in [2.45, 2.75) is 44.0 Å². The molecule has 0 bridgehead atoms. The van der Waals surface area contributed by atoms with Gasteiger partial charge in [-0.15, -0.1) is 11.8 Å². The Morgan fingerprint density at radius 3 is 2.57 bits per heavy atom. The van der Waals surface area contributed by atoms with Gasteiger partial charge in [0.05, 0.1) is 12.9 Å². The molecule has 4 nitrogen and oxygen atoms in total. The number of esters is 1. The molecule has 21 heavy (non-hydrogen) atoms. The van der Waals surface area contributed by atoms with Gasteiger partial charge >= 0.3 is 5.97 Å². The Kier molecular flexibility index (Phi) is 6.75. The van der Waals surface area contributed by atoms with Gasteiger partial charge < -0.3 is 10.1 Å². The number of hydrogen-bond donors (Lipinski definition) is 1. The van der Waals surface area contributed by atoms with Crippen molar-refractivity contribution in [2.75, 3.05) is 12.9 Å². The molecule has 0 aliphatic carbocycles. The lowest BCUT2D eigenvalue weighted by molar-refractivity contribution is -0.150. The third-order valence-corrected chi connectivity index (χ3v) is 4.43. The van der Waals surface area contributed by atoms with Gasteiger partial charge in [-0.05, 0) is 31.9 Å². The molecule has 1 atom stereocenters. The Bertz CT molecular complexity index is 504. The second-order valence-electron chi connectivity index (χ2n) is 5.18. The van der Waals surface area contributed by atoms with E-state index in [4.69, 9.17) is 4.74 Å². The van der Waals surface area contributed by atoms with E-state index >= 15 is 0 Å². The number of ether oxygens (including phenoxy) is 1. The minimum absolute atomic E-state index is 0.162. The van der Waals surface area contributed by atoms with Crippen LogP contribution in [0, 0.1) is 6.92 Å². The summed E-state index contributed by atoms with van der Waals surface area (Å²) in [5, 5.41) is 2.80. The van der Waals surface area contributed by atoms with Gasteiger partial charge in [0.25, 0.3) is 0 Å². The smallest absolute Gasteiger partial charge is 0.331 e. The fourth-order valence-electron chi connectivity index (χ4n) is 2.15. The molecule has 1 N–H and O–H groups in total. The molecule has 0 saturated carbocycles. The van der Waals surface area contributed by atoms with Gasteiger partial charge in [-0.25, -0.2) is 4.79 Å². The first-order chi connectivity index (χ1) is 9.92. The number of nitrogens with one attached hydrogen (secondary N) is 1. The summed E-state index contributed by atoms with van der Waals surface area (Å²) >= 11 is 1.47. The first kappa shape index (κ1) is 17.6. The number of benzene rings is 1. The Labute approximate surface area is 130 Å². The molecule has 1 amide bonds. The molecule has 116 valence electrons. The molecule has 1 aromatic carbocycles. The number of aryl methyl sites for hydroxylation is 1. The first-order valence-electron chi connectivity index (χ1n) is 7.00. The van der Waals surface area contributed by atoms with Crippen molar-refractivity contribution in [2.24, 2.45) is 0 Å². The fourth-order valence-corrected chi connectivity index (χ4v) is 2.98. The summed E-state index contributed by atoms with van der Waals surface area (Å²) in [7, 11) is 1.34. The lowest BCUT2D eigenvalue weighted by Gasteiger charge is -2.27. The normalized spacial score (nSPS) is 13.3. The predicted molar refractivity (Wildman–Crippen MR) is 85.4 cm³/mol. The van der Waals surface area contributed by atoms with Crippen LogP contribution in [-0.2, 0) is 14.3 Å². The number of methoxy groups -OCH3 is 1. The van der Waals surface area contributed by atoms with E-state index in [1.807, 2.05) is 38.1 Å². The zero-order valence-electron chi connectivity index (χ0n) is 13.1. The Hall–Kier alpha value is -1.49. The topological polar surface area (TPSA) is 55.4 Å². The summed E-state index contributed by atoms with van der Waals surface area (Å²) in [6.07, 6.45) is 1.34. The number of hydrogen-bond acceptors (Lipinski definition) is 4. The summed E-state index contributed by atoms with van der Waals surface area (Å²) in [5.41, 5.74) is 0.187. The quantitative estimate of drug-likeness (QED) is 0.621. The molecular weight excluding hydrogens is 286 g/mol. The fraction of sp³-hybridized carbons (Fsp3) is 0.500. The van der Waals surface area contributed by atoms with Crippen LogP contribution in [0.15, 0.2) is 29.2 Å². The van der Waals surface area contributed by atoms with Gasteiger partial charge in [-0.2, -0.15) is 0 Å². The number of amides is 1. The van der Waals surface area contributed by atoms with Crippen molar-refractivity contribution in [1.82, 2.24) is 5.32 Å². The molecule has 5 heteroatoms. The monoisotopic (exact) mass is 309 g/mol. The van der Waals surface area contributed by atoms with Crippen LogP contribution in [0.1, 0.15) is 32.3 Å². The second-order valence-corrected chi connectivity index (χ2v) is 6.19. The summed E-state index contributed by atoms with van der Waals surface area (Å²) in [4.78, 5) is 25.0. The zero-order chi connectivity index (χ0) is 15.9. The van der Waals surface area contributed by atoms with E-state index in [-0.39, 0.29) is 11.7 Å². The second kappa shape index (κ2) is 8.08. The molecule has 0 aliphatic rings. The zero-order valence-corrected chi connectivity index (χ0v) is 13.9. The standard InChI is InChI=1S/C16H23NO3S/c1-5-10-16(3,15(19)20-4)17-14(18)11-21-13-9-7-6-8-12(13)2/h6-9H,5,10-11H2,1-4H3,(H,17,18). The highest BCUT2D eigenvalue weighted by atomic mass is 32.2. The summed E-state index contributed by atoms with van der Waals surface area (Å²) in [6.45, 7) is 5.68. The molecule has 0 radical (unpaired) electrons. The molecule has 0 saturated heterocycles. The van der Waals surface area contributed by atoms with E-state index in [2.05, 4.69) is 5.32 Å². The summed E-state index contributed by atoms with van der Waals surface area (Å²) in [5.74, 6) is -0.288. The number of carbonyl (C=O) groups is 2. The SMILES string of the molecule is CCCC(C)(NC(=O)CSc1ccccc1C)C(=O)OC. The third-order valence-electron chi connectivity index (χ3n) is 3.25. The third kappa shape index (κ3) is 5.08. The van der Waals surface area contributed by atoms with Crippen LogP contribution in [-0.4, -0.2) is 30.3 Å². The Morgan fingerprint density at radius 2 is 2.00 bits per heavy atom. The molecule has 0 aromatic heterocycles. The van der Waals surface area contributed by atoms with Crippen molar-refractivity contribution in [3.63, 3.8) is 0 Å². The van der Waals surface area contributed by atoms with E-state index in [9.17, 15) is 9.59 Å². The van der Waals surface area contributed by atoms with Crippen LogP contribution in [0.25, 0.3) is 0 Å². The average Bonchev–Trinajstić information content (AvgIpc) is 2.45. The van der Waals surface area contributed by atoms with Crippen molar-refractivity contribution < 1.29 is 14.3 Å². The van der Waals surface area contributed by atoms with E-state index < -0.39 is 11.5 Å². The largest absolute Gasteiger partial charge is 0.467 e. The van der Waals surface area contributed by atoms with Crippen molar-refractivity contribution in [3.05, 3.63) is 29.8 Å². The lowest BCUT2D eigenvalue weighted by Crippen LogP contribution is -2.53. The molecule has 0 fully saturated rings. The van der Waals surface area contributed by atoms with Crippen LogP contribution >= 0.6 is 11.8 Å². The van der Waals surface area contributed by atoms with Gasteiger partial charge in [-0.1, -0.05) is 31.5 Å². The van der Waals surface area contributed by atoms with Crippen LogP contribution in [0.4, 0.5) is 0 Å². The van der Waals surface area contributed by atoms with E-state index in [1.165, 1.54) is 18.9 Å². The van der Waals surface area contributed by atoms with Gasteiger partial charge in [0.15, 0.2) is 0 Å². The molecule has 0 aliphatic heterocycles. The maximum Gasteiger partial charge on any atom is 0.331 e. The highest BCUT2D eigenvalue weighted by Gasteiger charge is 2.34. The maximum atomic E-state index is 12.1. The summed E-state index contributed by atoms with van der Waals surface area (Å²) in [6, 6.07) is 7.91. The van der Waals surface area contributed by atoms with Crippen molar-refractivity contribution in [1.29, 1.82) is 0 Å². The van der Waals surface area contributed by atoms with Crippen LogP contribution in [0.2, 0.25) is 0 Å². The minimum Gasteiger partial charge on any atom is -0.467 e. The van der Waals surface area contributed by atoms with Crippen molar-refractivity contribution >= 4 is 23.6 Å². The Morgan fingerprint density at radius 1 is 1.33 bits per heavy atom. The van der Waals surface area contributed by atoms with E-state index in [1.54, 1.807) is 6.92 Å². The molecule has 1 aromatic rings. The van der Waals surface area contributed by atoms with Crippen molar-refractivity contribution in [3.8, 4) is 0 Å². The number of rotatable bonds is 7.